The zero-order chi connectivity index (χ0) is 13.1. The van der Waals surface area contributed by atoms with E-state index in [2.05, 4.69) is 4.98 Å². The lowest BCUT2D eigenvalue weighted by atomic mass is 9.91. The van der Waals surface area contributed by atoms with Gasteiger partial charge in [-0.15, -0.1) is 0 Å². The molecule has 1 rings (SSSR count). The van der Waals surface area contributed by atoms with Gasteiger partial charge in [-0.1, -0.05) is 19.9 Å². The number of nitrogens with zero attached hydrogens (tertiary/aromatic N) is 1. The summed E-state index contributed by atoms with van der Waals surface area (Å²) in [6.45, 7) is 5.02. The molecule has 0 saturated heterocycles. The van der Waals surface area contributed by atoms with Crippen molar-refractivity contribution in [3.8, 4) is 0 Å². The zero-order valence-corrected chi connectivity index (χ0v) is 10.1. The molecule has 5 nitrogen and oxygen atoms in total. The summed E-state index contributed by atoms with van der Waals surface area (Å²) in [7, 11) is 0. The molecule has 1 heterocycles. The van der Waals surface area contributed by atoms with Crippen molar-refractivity contribution in [1.82, 2.24) is 4.98 Å². The van der Waals surface area contributed by atoms with Gasteiger partial charge in [-0.2, -0.15) is 0 Å². The van der Waals surface area contributed by atoms with Gasteiger partial charge in [0.2, 0.25) is 0 Å². The molecule has 0 saturated carbocycles. The number of carbonyl (C=O) groups is 2. The molecule has 1 unspecified atom stereocenters. The van der Waals surface area contributed by atoms with E-state index < -0.39 is 17.5 Å². The normalized spacial score (nSPS) is 14.1. The summed E-state index contributed by atoms with van der Waals surface area (Å²) in [5.74, 6) is -1.54. The lowest BCUT2D eigenvalue weighted by molar-refractivity contribution is -0.140. The molecule has 2 N–H and O–H groups in total. The van der Waals surface area contributed by atoms with E-state index in [1.54, 1.807) is 26.0 Å². The highest BCUT2D eigenvalue weighted by atomic mass is 16.6. The minimum Gasteiger partial charge on any atom is -0.444 e. The van der Waals surface area contributed by atoms with Gasteiger partial charge in [0.05, 0.1) is 0 Å². The van der Waals surface area contributed by atoms with E-state index in [0.717, 1.165) is 0 Å². The number of nitrogens with two attached hydrogens (primary N) is 1. The molecule has 5 heteroatoms. The SMILES string of the molecule is CC(C)C(C)(OC(=O)c1ccccn1)C(N)=O. The van der Waals surface area contributed by atoms with Crippen LogP contribution in [0.3, 0.4) is 0 Å². The predicted octanol–water partition coefficient (Wildman–Crippen LogP) is 1.14. The molecule has 0 spiro atoms. The van der Waals surface area contributed by atoms with Crippen LogP contribution in [0.15, 0.2) is 24.4 Å². The Kier molecular flexibility index (Phi) is 3.83. The van der Waals surface area contributed by atoms with Crippen LogP contribution in [0.25, 0.3) is 0 Å². The van der Waals surface area contributed by atoms with E-state index in [1.165, 1.54) is 19.2 Å². The average Bonchev–Trinajstić information content (AvgIpc) is 2.29. The monoisotopic (exact) mass is 236 g/mol. The number of ether oxygens (including phenoxy) is 1. The first-order valence-corrected chi connectivity index (χ1v) is 5.32. The number of rotatable bonds is 4. The molecule has 0 aliphatic carbocycles. The Labute approximate surface area is 100.0 Å². The molecule has 0 aromatic carbocycles. The molecule has 1 aromatic heterocycles. The highest BCUT2D eigenvalue weighted by Gasteiger charge is 2.39. The van der Waals surface area contributed by atoms with Gasteiger partial charge in [-0.25, -0.2) is 9.78 Å². The summed E-state index contributed by atoms with van der Waals surface area (Å²) >= 11 is 0. The van der Waals surface area contributed by atoms with Crippen molar-refractivity contribution in [3.63, 3.8) is 0 Å². The van der Waals surface area contributed by atoms with Gasteiger partial charge >= 0.3 is 5.97 Å². The van der Waals surface area contributed by atoms with Gasteiger partial charge in [0.1, 0.15) is 5.69 Å². The lowest BCUT2D eigenvalue weighted by Crippen LogP contribution is -2.49. The van der Waals surface area contributed by atoms with Crippen LogP contribution in [-0.4, -0.2) is 22.5 Å². The number of carbonyl (C=O) groups excluding carboxylic acids is 2. The van der Waals surface area contributed by atoms with Crippen molar-refractivity contribution >= 4 is 11.9 Å². The maximum absolute atomic E-state index is 11.8. The molecule has 1 amide bonds. The molecule has 0 aliphatic heterocycles. The summed E-state index contributed by atoms with van der Waals surface area (Å²) < 4.78 is 5.17. The van der Waals surface area contributed by atoms with Crippen molar-refractivity contribution in [1.29, 1.82) is 0 Å². The topological polar surface area (TPSA) is 82.3 Å². The maximum Gasteiger partial charge on any atom is 0.357 e. The van der Waals surface area contributed by atoms with Crippen molar-refractivity contribution < 1.29 is 14.3 Å². The third-order valence-electron chi connectivity index (χ3n) is 2.77. The number of amides is 1. The highest BCUT2D eigenvalue weighted by molar-refractivity contribution is 5.92. The van der Waals surface area contributed by atoms with Crippen LogP contribution in [-0.2, 0) is 9.53 Å². The smallest absolute Gasteiger partial charge is 0.357 e. The molecule has 92 valence electrons. The summed E-state index contributed by atoms with van der Waals surface area (Å²) in [5, 5.41) is 0. The maximum atomic E-state index is 11.8. The number of hydrogen-bond donors (Lipinski definition) is 1. The van der Waals surface area contributed by atoms with Crippen molar-refractivity contribution in [3.05, 3.63) is 30.1 Å². The van der Waals surface area contributed by atoms with Gasteiger partial charge in [-0.05, 0) is 19.1 Å². The second-order valence-electron chi connectivity index (χ2n) is 4.23. The minimum atomic E-state index is -1.32. The van der Waals surface area contributed by atoms with E-state index in [4.69, 9.17) is 10.5 Å². The molecule has 0 bridgehead atoms. The molecular formula is C12H16N2O3. The van der Waals surface area contributed by atoms with Gasteiger partial charge in [0, 0.05) is 12.1 Å². The van der Waals surface area contributed by atoms with Crippen molar-refractivity contribution in [2.75, 3.05) is 0 Å². The summed E-state index contributed by atoms with van der Waals surface area (Å²) in [6.07, 6.45) is 1.48. The summed E-state index contributed by atoms with van der Waals surface area (Å²) in [6, 6.07) is 4.87. The molecule has 17 heavy (non-hydrogen) atoms. The van der Waals surface area contributed by atoms with Gasteiger partial charge in [0.25, 0.3) is 5.91 Å². The van der Waals surface area contributed by atoms with Crippen LogP contribution >= 0.6 is 0 Å². The van der Waals surface area contributed by atoms with Gasteiger partial charge in [0.15, 0.2) is 5.60 Å². The van der Waals surface area contributed by atoms with Crippen molar-refractivity contribution in [2.24, 2.45) is 11.7 Å². The van der Waals surface area contributed by atoms with E-state index in [0.29, 0.717) is 0 Å². The minimum absolute atomic E-state index is 0.153. The second-order valence-corrected chi connectivity index (χ2v) is 4.23. The first kappa shape index (κ1) is 13.2. The molecule has 1 aromatic rings. The molecule has 0 aliphatic rings. The molecular weight excluding hydrogens is 220 g/mol. The second kappa shape index (κ2) is 4.95. The fourth-order valence-electron chi connectivity index (χ4n) is 1.18. The lowest BCUT2D eigenvalue weighted by Gasteiger charge is -2.29. The van der Waals surface area contributed by atoms with Crippen LogP contribution < -0.4 is 5.73 Å². The number of aromatic nitrogens is 1. The zero-order valence-electron chi connectivity index (χ0n) is 10.1. The van der Waals surface area contributed by atoms with Crippen LogP contribution in [0.5, 0.6) is 0 Å². The van der Waals surface area contributed by atoms with E-state index in [9.17, 15) is 9.59 Å². The van der Waals surface area contributed by atoms with Crippen LogP contribution in [0, 0.1) is 5.92 Å². The van der Waals surface area contributed by atoms with Crippen LogP contribution in [0.2, 0.25) is 0 Å². The van der Waals surface area contributed by atoms with Gasteiger partial charge in [-0.3, -0.25) is 4.79 Å². The molecule has 0 fully saturated rings. The van der Waals surface area contributed by atoms with Crippen molar-refractivity contribution in [2.45, 2.75) is 26.4 Å². The number of primary amides is 1. The van der Waals surface area contributed by atoms with Gasteiger partial charge < -0.3 is 10.5 Å². The van der Waals surface area contributed by atoms with E-state index in [-0.39, 0.29) is 11.6 Å². The number of pyridine rings is 1. The third kappa shape index (κ3) is 2.81. The van der Waals surface area contributed by atoms with E-state index >= 15 is 0 Å². The Morgan fingerprint density at radius 3 is 2.47 bits per heavy atom. The summed E-state index contributed by atoms with van der Waals surface area (Å²) in [5.41, 5.74) is 4.09. The largest absolute Gasteiger partial charge is 0.444 e. The van der Waals surface area contributed by atoms with Crippen LogP contribution in [0.1, 0.15) is 31.3 Å². The Hall–Kier alpha value is -1.91. The number of esters is 1. The summed E-state index contributed by atoms with van der Waals surface area (Å²) in [4.78, 5) is 27.0. The number of hydrogen-bond acceptors (Lipinski definition) is 4. The van der Waals surface area contributed by atoms with E-state index in [1.807, 2.05) is 0 Å². The predicted molar refractivity (Wildman–Crippen MR) is 62.1 cm³/mol. The quantitative estimate of drug-likeness (QED) is 0.794. The van der Waals surface area contributed by atoms with Crippen LogP contribution in [0.4, 0.5) is 0 Å². The Balaban J connectivity index is 2.90. The first-order valence-electron chi connectivity index (χ1n) is 5.32. The highest BCUT2D eigenvalue weighted by Crippen LogP contribution is 2.22. The average molecular weight is 236 g/mol. The molecule has 1 atom stereocenters. The Morgan fingerprint density at radius 1 is 1.41 bits per heavy atom. The standard InChI is InChI=1S/C12H16N2O3/c1-8(2)12(3,11(13)16)17-10(15)9-6-4-5-7-14-9/h4-8H,1-3H3,(H2,13,16). The fraction of sp³-hybridized carbons (Fsp3) is 0.417. The third-order valence-corrected chi connectivity index (χ3v) is 2.77. The first-order chi connectivity index (χ1) is 7.88. The Bertz CT molecular complexity index is 417. The Morgan fingerprint density at radius 2 is 2.06 bits per heavy atom. The molecule has 0 radical (unpaired) electrons. The fourth-order valence-corrected chi connectivity index (χ4v) is 1.18.